The average molecular weight is 352 g/mol. The quantitative estimate of drug-likeness (QED) is 0.806. The van der Waals surface area contributed by atoms with Crippen molar-refractivity contribution in [2.45, 2.75) is 13.0 Å². The van der Waals surface area contributed by atoms with E-state index in [0.717, 1.165) is 6.07 Å². The topological polar surface area (TPSA) is 64.6 Å². The molecule has 0 aliphatic carbocycles. The molecule has 0 aliphatic heterocycles. The van der Waals surface area contributed by atoms with Crippen molar-refractivity contribution < 1.29 is 23.5 Å². The van der Waals surface area contributed by atoms with Gasteiger partial charge in [0.25, 0.3) is 5.91 Å². The summed E-state index contributed by atoms with van der Waals surface area (Å²) >= 11 is 5.87. The number of anilines is 1. The summed E-state index contributed by atoms with van der Waals surface area (Å²) in [5.74, 6) is -0.317. The monoisotopic (exact) mass is 351 g/mol. The molecular weight excluding hydrogens is 337 g/mol. The van der Waals surface area contributed by atoms with Crippen LogP contribution in [0.3, 0.4) is 0 Å². The highest BCUT2D eigenvalue weighted by Gasteiger charge is 2.18. The molecule has 1 amide bonds. The van der Waals surface area contributed by atoms with Gasteiger partial charge in [-0.15, -0.1) is 0 Å². The molecule has 0 fully saturated rings. The highest BCUT2D eigenvalue weighted by molar-refractivity contribution is 6.33. The average Bonchev–Trinajstić information content (AvgIpc) is 2.57. The number of benzene rings is 2. The van der Waals surface area contributed by atoms with Crippen molar-refractivity contribution in [2.24, 2.45) is 0 Å². The summed E-state index contributed by atoms with van der Waals surface area (Å²) in [6.45, 7) is 1.54. The maximum absolute atomic E-state index is 13.0. The Morgan fingerprint density at radius 2 is 2.00 bits per heavy atom. The van der Waals surface area contributed by atoms with Crippen molar-refractivity contribution in [1.82, 2.24) is 0 Å². The van der Waals surface area contributed by atoms with Crippen LogP contribution in [0.2, 0.25) is 5.02 Å². The normalized spacial score (nSPS) is 11.5. The lowest BCUT2D eigenvalue weighted by molar-refractivity contribution is -0.122. The molecule has 5 nitrogen and oxygen atoms in total. The number of hydrogen-bond donors (Lipinski definition) is 1. The van der Waals surface area contributed by atoms with E-state index in [-0.39, 0.29) is 10.7 Å². The molecule has 1 N–H and O–H groups in total. The Bertz CT molecular complexity index is 766. The van der Waals surface area contributed by atoms with E-state index in [4.69, 9.17) is 21.1 Å². The van der Waals surface area contributed by atoms with Gasteiger partial charge in [-0.2, -0.15) is 0 Å². The van der Waals surface area contributed by atoms with E-state index in [1.807, 2.05) is 0 Å². The molecule has 126 valence electrons. The number of hydrogen-bond acceptors (Lipinski definition) is 4. The lowest BCUT2D eigenvalue weighted by Crippen LogP contribution is -2.30. The van der Waals surface area contributed by atoms with Crippen molar-refractivity contribution in [3.63, 3.8) is 0 Å². The first-order valence-electron chi connectivity index (χ1n) is 7.00. The van der Waals surface area contributed by atoms with Gasteiger partial charge in [0.2, 0.25) is 0 Å². The third-order valence-electron chi connectivity index (χ3n) is 3.19. The van der Waals surface area contributed by atoms with Crippen LogP contribution >= 0.6 is 11.6 Å². The van der Waals surface area contributed by atoms with Crippen molar-refractivity contribution >= 4 is 29.5 Å². The van der Waals surface area contributed by atoms with Gasteiger partial charge in [-0.1, -0.05) is 11.6 Å². The Labute approximate surface area is 143 Å². The molecule has 0 bridgehead atoms. The number of methoxy groups -OCH3 is 1. The molecule has 0 spiro atoms. The summed E-state index contributed by atoms with van der Waals surface area (Å²) in [7, 11) is 1.43. The summed E-state index contributed by atoms with van der Waals surface area (Å²) in [5.41, 5.74) is 0.705. The maximum Gasteiger partial charge on any atom is 0.265 e. The van der Waals surface area contributed by atoms with Crippen molar-refractivity contribution in [3.8, 4) is 11.5 Å². The summed E-state index contributed by atoms with van der Waals surface area (Å²) < 4.78 is 23.7. The summed E-state index contributed by atoms with van der Waals surface area (Å²) in [4.78, 5) is 23.0. The molecule has 0 aromatic heterocycles. The van der Waals surface area contributed by atoms with Gasteiger partial charge in [0.05, 0.1) is 17.8 Å². The van der Waals surface area contributed by atoms with E-state index in [9.17, 15) is 14.0 Å². The third kappa shape index (κ3) is 4.23. The maximum atomic E-state index is 13.0. The van der Waals surface area contributed by atoms with Gasteiger partial charge >= 0.3 is 0 Å². The summed E-state index contributed by atoms with van der Waals surface area (Å²) in [5, 5.41) is 2.64. The molecule has 0 heterocycles. The van der Waals surface area contributed by atoms with Crippen molar-refractivity contribution in [1.29, 1.82) is 0 Å². The van der Waals surface area contributed by atoms with Gasteiger partial charge in [-0.25, -0.2) is 4.39 Å². The van der Waals surface area contributed by atoms with Crippen LogP contribution in [0.5, 0.6) is 11.5 Å². The van der Waals surface area contributed by atoms with Crippen LogP contribution < -0.4 is 14.8 Å². The first kappa shape index (κ1) is 17.7. The second-order valence-electron chi connectivity index (χ2n) is 4.90. The van der Waals surface area contributed by atoms with Crippen LogP contribution in [0.25, 0.3) is 0 Å². The first-order valence-corrected chi connectivity index (χ1v) is 7.38. The van der Waals surface area contributed by atoms with Crippen LogP contribution in [0.4, 0.5) is 10.1 Å². The Kier molecular flexibility index (Phi) is 5.76. The van der Waals surface area contributed by atoms with Crippen LogP contribution in [0, 0.1) is 5.82 Å². The zero-order valence-electron chi connectivity index (χ0n) is 13.0. The van der Waals surface area contributed by atoms with Gasteiger partial charge in [0, 0.05) is 5.56 Å². The highest BCUT2D eigenvalue weighted by atomic mass is 35.5. The fraction of sp³-hybridized carbons (Fsp3) is 0.176. The molecule has 1 atom stereocenters. The van der Waals surface area contributed by atoms with Gasteiger partial charge in [0.15, 0.2) is 17.6 Å². The second-order valence-corrected chi connectivity index (χ2v) is 5.31. The van der Waals surface area contributed by atoms with Crippen LogP contribution in [0.1, 0.15) is 17.3 Å². The van der Waals surface area contributed by atoms with Crippen LogP contribution in [-0.4, -0.2) is 25.4 Å². The first-order chi connectivity index (χ1) is 11.4. The minimum Gasteiger partial charge on any atom is -0.493 e. The third-order valence-corrected chi connectivity index (χ3v) is 3.50. The minimum absolute atomic E-state index is 0.0865. The van der Waals surface area contributed by atoms with E-state index in [2.05, 4.69) is 5.32 Å². The molecule has 7 heteroatoms. The number of aldehydes is 1. The number of rotatable bonds is 6. The Hall–Kier alpha value is -2.60. The van der Waals surface area contributed by atoms with E-state index >= 15 is 0 Å². The SMILES string of the molecule is COc1cc(C=O)ccc1O[C@H](C)C(=O)Nc1ccc(F)cc1Cl. The number of carbonyl (C=O) groups is 2. The number of nitrogens with one attached hydrogen (secondary N) is 1. The smallest absolute Gasteiger partial charge is 0.265 e. The predicted octanol–water partition coefficient (Wildman–Crippen LogP) is 3.71. The molecule has 0 saturated heterocycles. The van der Waals surface area contributed by atoms with Crippen molar-refractivity contribution in [2.75, 3.05) is 12.4 Å². The largest absolute Gasteiger partial charge is 0.493 e. The van der Waals surface area contributed by atoms with Crippen molar-refractivity contribution in [3.05, 3.63) is 52.8 Å². The number of amides is 1. The standard InChI is InChI=1S/C17H15ClFNO4/c1-10(17(22)20-14-5-4-12(19)8-13(14)18)24-15-6-3-11(9-21)7-16(15)23-2/h3-10H,1-2H3,(H,20,22)/t10-/m1/s1. The van der Waals surface area contributed by atoms with E-state index in [1.165, 1.54) is 31.4 Å². The molecule has 0 saturated carbocycles. The number of halogens is 2. The van der Waals surface area contributed by atoms with E-state index in [1.54, 1.807) is 13.0 Å². The lowest BCUT2D eigenvalue weighted by Gasteiger charge is -2.17. The lowest BCUT2D eigenvalue weighted by atomic mass is 10.2. The minimum atomic E-state index is -0.873. The molecule has 24 heavy (non-hydrogen) atoms. The molecule has 2 aromatic rings. The Morgan fingerprint density at radius 1 is 1.25 bits per heavy atom. The van der Waals surface area contributed by atoms with E-state index < -0.39 is 17.8 Å². The second kappa shape index (κ2) is 7.79. The molecule has 0 unspecified atom stereocenters. The van der Waals surface area contributed by atoms with Gasteiger partial charge in [-0.05, 0) is 43.3 Å². The molecule has 2 rings (SSSR count). The molecule has 0 aliphatic rings. The molecule has 2 aromatic carbocycles. The van der Waals surface area contributed by atoms with Gasteiger partial charge in [-0.3, -0.25) is 9.59 Å². The van der Waals surface area contributed by atoms with Gasteiger partial charge in [0.1, 0.15) is 12.1 Å². The Balaban J connectivity index is 2.10. The van der Waals surface area contributed by atoms with Crippen LogP contribution in [-0.2, 0) is 4.79 Å². The highest BCUT2D eigenvalue weighted by Crippen LogP contribution is 2.29. The van der Waals surface area contributed by atoms with Crippen LogP contribution in [0.15, 0.2) is 36.4 Å². The Morgan fingerprint density at radius 3 is 2.62 bits per heavy atom. The van der Waals surface area contributed by atoms with Gasteiger partial charge < -0.3 is 14.8 Å². The molecule has 0 radical (unpaired) electrons. The fourth-order valence-electron chi connectivity index (χ4n) is 1.92. The summed E-state index contributed by atoms with van der Waals surface area (Å²) in [6, 6.07) is 8.24. The summed E-state index contributed by atoms with van der Waals surface area (Å²) in [6.07, 6.45) is -0.194. The zero-order valence-corrected chi connectivity index (χ0v) is 13.8. The fourth-order valence-corrected chi connectivity index (χ4v) is 2.14. The van der Waals surface area contributed by atoms with E-state index in [0.29, 0.717) is 23.3 Å². The zero-order chi connectivity index (χ0) is 17.7. The molecular formula is C17H15ClFNO4. The number of carbonyl (C=O) groups excluding carboxylic acids is 2. The number of ether oxygens (including phenoxy) is 2. The predicted molar refractivity (Wildman–Crippen MR) is 88.5 cm³/mol.